The third-order valence-electron chi connectivity index (χ3n) is 2.47. The average Bonchev–Trinajstić information content (AvgIpc) is 2.39. The zero-order valence-corrected chi connectivity index (χ0v) is 13.0. The van der Waals surface area contributed by atoms with E-state index < -0.39 is 13.6 Å². The summed E-state index contributed by atoms with van der Waals surface area (Å²) in [6.07, 6.45) is 0.141. The molecule has 20 heavy (non-hydrogen) atoms. The molecule has 6 heteroatoms. The number of hydrogen-bond acceptors (Lipinski definition) is 5. The summed E-state index contributed by atoms with van der Waals surface area (Å²) in [6, 6.07) is 6.83. The lowest BCUT2D eigenvalue weighted by atomic mass is 10.1. The zero-order chi connectivity index (χ0) is 15.0. The number of carbonyl (C=O) groups is 1. The lowest BCUT2D eigenvalue weighted by molar-refractivity contribution is 0.0526. The van der Waals surface area contributed by atoms with E-state index in [-0.39, 0.29) is 6.16 Å². The van der Waals surface area contributed by atoms with E-state index in [2.05, 4.69) is 0 Å². The molecule has 0 aliphatic rings. The quantitative estimate of drug-likeness (QED) is 0.542. The molecule has 0 aromatic heterocycles. The predicted molar refractivity (Wildman–Crippen MR) is 77.0 cm³/mol. The van der Waals surface area contributed by atoms with Crippen molar-refractivity contribution in [3.8, 4) is 0 Å². The van der Waals surface area contributed by atoms with E-state index in [0.29, 0.717) is 25.4 Å². The maximum atomic E-state index is 12.4. The summed E-state index contributed by atoms with van der Waals surface area (Å²) in [5, 5.41) is 0. The van der Waals surface area contributed by atoms with Crippen LogP contribution in [0, 0.1) is 0 Å². The van der Waals surface area contributed by atoms with Crippen molar-refractivity contribution < 1.29 is 23.1 Å². The molecule has 1 aromatic rings. The van der Waals surface area contributed by atoms with Gasteiger partial charge in [0, 0.05) is 0 Å². The molecule has 1 rings (SSSR count). The summed E-state index contributed by atoms with van der Waals surface area (Å²) >= 11 is 0. The second-order valence-electron chi connectivity index (χ2n) is 4.03. The van der Waals surface area contributed by atoms with E-state index in [9.17, 15) is 9.36 Å². The molecule has 0 aliphatic heterocycles. The Morgan fingerprint density at radius 2 is 1.75 bits per heavy atom. The van der Waals surface area contributed by atoms with Crippen LogP contribution in [0.15, 0.2) is 24.3 Å². The third kappa shape index (κ3) is 5.08. The molecular formula is C14H21O5P. The van der Waals surface area contributed by atoms with E-state index >= 15 is 0 Å². The van der Waals surface area contributed by atoms with Crippen molar-refractivity contribution in [3.05, 3.63) is 35.4 Å². The van der Waals surface area contributed by atoms with Gasteiger partial charge in [0.2, 0.25) is 0 Å². The van der Waals surface area contributed by atoms with Gasteiger partial charge in [-0.1, -0.05) is 12.1 Å². The van der Waals surface area contributed by atoms with E-state index in [1.807, 2.05) is 0 Å². The van der Waals surface area contributed by atoms with Crippen molar-refractivity contribution in [1.82, 2.24) is 0 Å². The number of rotatable bonds is 8. The normalized spacial score (nSPS) is 11.3. The van der Waals surface area contributed by atoms with Crippen molar-refractivity contribution in [2.75, 3.05) is 19.8 Å². The first kappa shape index (κ1) is 16.9. The van der Waals surface area contributed by atoms with E-state index in [1.165, 1.54) is 0 Å². The van der Waals surface area contributed by atoms with Crippen LogP contribution < -0.4 is 0 Å². The van der Waals surface area contributed by atoms with Gasteiger partial charge in [-0.3, -0.25) is 4.57 Å². The van der Waals surface area contributed by atoms with Crippen molar-refractivity contribution in [1.29, 1.82) is 0 Å². The van der Waals surface area contributed by atoms with Gasteiger partial charge in [-0.15, -0.1) is 0 Å². The van der Waals surface area contributed by atoms with Crippen LogP contribution in [0.4, 0.5) is 0 Å². The summed E-state index contributed by atoms with van der Waals surface area (Å²) < 4.78 is 27.8. The van der Waals surface area contributed by atoms with E-state index in [1.54, 1.807) is 45.0 Å². The average molecular weight is 300 g/mol. The number of ether oxygens (including phenoxy) is 1. The van der Waals surface area contributed by atoms with E-state index in [4.69, 9.17) is 13.8 Å². The Morgan fingerprint density at radius 1 is 1.10 bits per heavy atom. The SMILES string of the molecule is CCOC(=O)c1cccc(CP(=O)(OCC)OCC)c1. The van der Waals surface area contributed by atoms with Crippen LogP contribution >= 0.6 is 7.60 Å². The van der Waals surface area contributed by atoms with Gasteiger partial charge < -0.3 is 13.8 Å². The van der Waals surface area contributed by atoms with Crippen LogP contribution in [-0.2, 0) is 24.5 Å². The molecule has 0 fully saturated rings. The fourth-order valence-electron chi connectivity index (χ4n) is 1.76. The molecule has 0 radical (unpaired) electrons. The Hall–Kier alpha value is -1.16. The molecule has 0 aliphatic carbocycles. The molecule has 5 nitrogen and oxygen atoms in total. The number of esters is 1. The molecule has 0 saturated carbocycles. The standard InChI is InChI=1S/C14H21O5P/c1-4-17-14(15)13-9-7-8-12(10-13)11-20(16,18-5-2)19-6-3/h7-10H,4-6,11H2,1-3H3. The Morgan fingerprint density at radius 3 is 2.30 bits per heavy atom. The molecular weight excluding hydrogens is 279 g/mol. The molecule has 0 bridgehead atoms. The topological polar surface area (TPSA) is 61.8 Å². The largest absolute Gasteiger partial charge is 0.462 e. The maximum absolute atomic E-state index is 12.4. The fraction of sp³-hybridized carbons (Fsp3) is 0.500. The highest BCUT2D eigenvalue weighted by Crippen LogP contribution is 2.51. The smallest absolute Gasteiger partial charge is 0.338 e. The number of hydrogen-bond donors (Lipinski definition) is 0. The molecule has 0 amide bonds. The minimum Gasteiger partial charge on any atom is -0.462 e. The predicted octanol–water partition coefficient (Wildman–Crippen LogP) is 3.63. The molecule has 112 valence electrons. The van der Waals surface area contributed by atoms with Crippen LogP contribution in [-0.4, -0.2) is 25.8 Å². The summed E-state index contributed by atoms with van der Waals surface area (Å²) in [5.74, 6) is -0.392. The second-order valence-corrected chi connectivity index (χ2v) is 6.08. The second kappa shape index (κ2) is 8.20. The first-order valence-electron chi connectivity index (χ1n) is 6.68. The Kier molecular flexibility index (Phi) is 6.93. The highest BCUT2D eigenvalue weighted by atomic mass is 31.2. The van der Waals surface area contributed by atoms with E-state index in [0.717, 1.165) is 5.56 Å². The first-order valence-corrected chi connectivity index (χ1v) is 8.41. The molecule has 0 unspecified atom stereocenters. The van der Waals surface area contributed by atoms with Gasteiger partial charge in [-0.05, 0) is 38.5 Å². The van der Waals surface area contributed by atoms with Crippen LogP contribution in [0.25, 0.3) is 0 Å². The van der Waals surface area contributed by atoms with Gasteiger partial charge >= 0.3 is 13.6 Å². The van der Waals surface area contributed by atoms with Crippen molar-refractivity contribution in [2.45, 2.75) is 26.9 Å². The third-order valence-corrected chi connectivity index (χ3v) is 4.52. The molecule has 0 heterocycles. The summed E-state index contributed by atoms with van der Waals surface area (Å²) in [4.78, 5) is 11.7. The number of carbonyl (C=O) groups excluding carboxylic acids is 1. The summed E-state index contributed by atoms with van der Waals surface area (Å²) in [7, 11) is -3.16. The monoisotopic (exact) mass is 300 g/mol. The van der Waals surface area contributed by atoms with Crippen LogP contribution in [0.5, 0.6) is 0 Å². The molecule has 0 N–H and O–H groups in total. The molecule has 0 saturated heterocycles. The minimum atomic E-state index is -3.16. The highest BCUT2D eigenvalue weighted by molar-refractivity contribution is 7.53. The van der Waals surface area contributed by atoms with Gasteiger partial charge in [-0.2, -0.15) is 0 Å². The zero-order valence-electron chi connectivity index (χ0n) is 12.1. The van der Waals surface area contributed by atoms with Crippen LogP contribution in [0.2, 0.25) is 0 Å². The molecule has 1 aromatic carbocycles. The van der Waals surface area contributed by atoms with Crippen molar-refractivity contribution in [2.24, 2.45) is 0 Å². The van der Waals surface area contributed by atoms with Crippen molar-refractivity contribution >= 4 is 13.6 Å². The van der Waals surface area contributed by atoms with Crippen molar-refractivity contribution in [3.63, 3.8) is 0 Å². The molecule has 0 atom stereocenters. The lowest BCUT2D eigenvalue weighted by Gasteiger charge is -2.17. The van der Waals surface area contributed by atoms with Gasteiger partial charge in [-0.25, -0.2) is 4.79 Å². The number of benzene rings is 1. The van der Waals surface area contributed by atoms with Gasteiger partial charge in [0.05, 0.1) is 31.5 Å². The van der Waals surface area contributed by atoms with Crippen LogP contribution in [0.1, 0.15) is 36.7 Å². The van der Waals surface area contributed by atoms with Crippen LogP contribution in [0.3, 0.4) is 0 Å². The Balaban J connectivity index is 2.88. The molecule has 0 spiro atoms. The Labute approximate surface area is 119 Å². The Bertz CT molecular complexity index is 476. The maximum Gasteiger partial charge on any atom is 0.338 e. The first-order chi connectivity index (χ1) is 9.54. The van der Waals surface area contributed by atoms with Gasteiger partial charge in [0.1, 0.15) is 0 Å². The summed E-state index contributed by atoms with van der Waals surface area (Å²) in [6.45, 7) is 6.23. The summed E-state index contributed by atoms with van der Waals surface area (Å²) in [5.41, 5.74) is 1.16. The lowest BCUT2D eigenvalue weighted by Crippen LogP contribution is -2.05. The van der Waals surface area contributed by atoms with Gasteiger partial charge in [0.25, 0.3) is 0 Å². The highest BCUT2D eigenvalue weighted by Gasteiger charge is 2.24. The van der Waals surface area contributed by atoms with Gasteiger partial charge in [0.15, 0.2) is 0 Å². The minimum absolute atomic E-state index is 0.141. The fourth-order valence-corrected chi connectivity index (χ4v) is 3.44.